The molecule has 0 aliphatic rings. The molecule has 2 rings (SSSR count). The van der Waals surface area contributed by atoms with Gasteiger partial charge in [-0.1, -0.05) is 24.6 Å². The minimum absolute atomic E-state index is 0.0812. The molecule has 7 heteroatoms. The van der Waals surface area contributed by atoms with Crippen LogP contribution in [0.25, 0.3) is 0 Å². The molecule has 0 bridgehead atoms. The largest absolute Gasteiger partial charge is 0.492 e. The number of carbonyl (C=O) groups is 1. The fourth-order valence-corrected chi connectivity index (χ4v) is 2.43. The molecule has 1 aromatic heterocycles. The quantitative estimate of drug-likeness (QED) is 0.743. The molecular formula is C16H21ClN4O2. The topological polar surface area (TPSA) is 60.2 Å². The summed E-state index contributed by atoms with van der Waals surface area (Å²) in [6.45, 7) is 5.97. The normalized spacial score (nSPS) is 12.0. The van der Waals surface area contributed by atoms with Crippen LogP contribution in [0.15, 0.2) is 36.9 Å². The average Bonchev–Trinajstić information content (AvgIpc) is 3.04. The Balaban J connectivity index is 1.82. The van der Waals surface area contributed by atoms with E-state index in [0.717, 1.165) is 0 Å². The van der Waals surface area contributed by atoms with Crippen LogP contribution in [0.1, 0.15) is 13.8 Å². The lowest BCUT2D eigenvalue weighted by Gasteiger charge is -2.24. The number of likely N-dealkylation sites (N-methyl/N-ethyl adjacent to an activating group) is 1. The van der Waals surface area contributed by atoms with E-state index in [9.17, 15) is 4.79 Å². The maximum Gasteiger partial charge on any atom is 0.227 e. The molecule has 23 heavy (non-hydrogen) atoms. The van der Waals surface area contributed by atoms with Gasteiger partial charge in [0.25, 0.3) is 0 Å². The van der Waals surface area contributed by atoms with Crippen LogP contribution >= 0.6 is 11.6 Å². The van der Waals surface area contributed by atoms with Crippen molar-refractivity contribution in [2.24, 2.45) is 5.92 Å². The zero-order valence-electron chi connectivity index (χ0n) is 13.4. The summed E-state index contributed by atoms with van der Waals surface area (Å²) >= 11 is 5.92. The summed E-state index contributed by atoms with van der Waals surface area (Å²) in [5, 5.41) is 4.66. The van der Waals surface area contributed by atoms with E-state index in [1.807, 2.05) is 26.0 Å². The zero-order valence-corrected chi connectivity index (χ0v) is 14.1. The highest BCUT2D eigenvalue weighted by Gasteiger charge is 2.20. The highest BCUT2D eigenvalue weighted by atomic mass is 35.5. The van der Waals surface area contributed by atoms with Gasteiger partial charge in [-0.2, -0.15) is 5.10 Å². The summed E-state index contributed by atoms with van der Waals surface area (Å²) in [5.41, 5.74) is 0. The Bertz CT molecular complexity index is 618. The molecule has 1 aromatic carbocycles. The summed E-state index contributed by atoms with van der Waals surface area (Å²) in [4.78, 5) is 18.2. The van der Waals surface area contributed by atoms with E-state index in [1.165, 1.54) is 6.33 Å². The molecule has 0 unspecified atom stereocenters. The molecule has 0 radical (unpaired) electrons. The molecule has 0 aliphatic carbocycles. The zero-order chi connectivity index (χ0) is 16.7. The fourth-order valence-electron chi connectivity index (χ4n) is 2.25. The summed E-state index contributed by atoms with van der Waals surface area (Å²) < 4.78 is 7.31. The van der Waals surface area contributed by atoms with E-state index in [0.29, 0.717) is 37.0 Å². The van der Waals surface area contributed by atoms with Gasteiger partial charge in [-0.05, 0) is 25.1 Å². The molecule has 0 aliphatic heterocycles. The second-order valence-electron chi connectivity index (χ2n) is 5.24. The van der Waals surface area contributed by atoms with Crippen molar-refractivity contribution in [3.63, 3.8) is 0 Å². The molecule has 0 saturated carbocycles. The molecule has 0 fully saturated rings. The van der Waals surface area contributed by atoms with Crippen molar-refractivity contribution >= 4 is 17.5 Å². The van der Waals surface area contributed by atoms with Gasteiger partial charge in [0.1, 0.15) is 25.0 Å². The van der Waals surface area contributed by atoms with Crippen LogP contribution < -0.4 is 4.74 Å². The Morgan fingerprint density at radius 3 is 2.96 bits per heavy atom. The van der Waals surface area contributed by atoms with Crippen molar-refractivity contribution in [1.82, 2.24) is 19.7 Å². The number of rotatable bonds is 8. The molecule has 2 aromatic rings. The van der Waals surface area contributed by atoms with Crippen LogP contribution in [0, 0.1) is 5.92 Å². The molecule has 0 saturated heterocycles. The Hall–Kier alpha value is -2.08. The van der Waals surface area contributed by atoms with Gasteiger partial charge in [-0.3, -0.25) is 9.48 Å². The van der Waals surface area contributed by atoms with Gasteiger partial charge in [0.05, 0.1) is 19.0 Å². The summed E-state index contributed by atoms with van der Waals surface area (Å²) in [6, 6.07) is 7.23. The van der Waals surface area contributed by atoms with Gasteiger partial charge in [-0.15, -0.1) is 0 Å². The van der Waals surface area contributed by atoms with Crippen LogP contribution in [0.5, 0.6) is 5.75 Å². The second kappa shape index (κ2) is 8.53. The van der Waals surface area contributed by atoms with Gasteiger partial charge in [0.15, 0.2) is 0 Å². The van der Waals surface area contributed by atoms with Crippen molar-refractivity contribution in [2.75, 3.05) is 19.7 Å². The molecular weight excluding hydrogens is 316 g/mol. The van der Waals surface area contributed by atoms with E-state index in [4.69, 9.17) is 16.3 Å². The van der Waals surface area contributed by atoms with Crippen molar-refractivity contribution in [3.05, 3.63) is 41.9 Å². The van der Waals surface area contributed by atoms with E-state index < -0.39 is 0 Å². The number of nitrogens with zero attached hydrogens (tertiary/aromatic N) is 4. The van der Waals surface area contributed by atoms with Gasteiger partial charge < -0.3 is 9.64 Å². The second-order valence-corrected chi connectivity index (χ2v) is 5.68. The van der Waals surface area contributed by atoms with Crippen molar-refractivity contribution in [1.29, 1.82) is 0 Å². The van der Waals surface area contributed by atoms with Crippen LogP contribution in [-0.2, 0) is 11.3 Å². The third kappa shape index (κ3) is 5.25. The number of carbonyl (C=O) groups excluding carboxylic acids is 1. The number of halogens is 1. The lowest BCUT2D eigenvalue weighted by Crippen LogP contribution is -2.39. The standard InChI is InChI=1S/C16H21ClN4O2/c1-3-20(7-8-23-15-6-4-5-14(17)9-15)16(22)13(2)10-21-12-18-11-19-21/h4-6,9,11-13H,3,7-8,10H2,1-2H3/t13-/m0/s1. The number of hydrogen-bond acceptors (Lipinski definition) is 4. The van der Waals surface area contributed by atoms with Crippen LogP contribution in [0.2, 0.25) is 5.02 Å². The predicted molar refractivity (Wildman–Crippen MR) is 88.4 cm³/mol. The molecule has 1 amide bonds. The Morgan fingerprint density at radius 1 is 1.48 bits per heavy atom. The molecule has 124 valence electrons. The van der Waals surface area contributed by atoms with E-state index in [2.05, 4.69) is 10.1 Å². The maximum absolute atomic E-state index is 12.5. The van der Waals surface area contributed by atoms with Gasteiger partial charge >= 0.3 is 0 Å². The first-order valence-corrected chi connectivity index (χ1v) is 7.97. The third-order valence-corrected chi connectivity index (χ3v) is 3.70. The number of amides is 1. The van der Waals surface area contributed by atoms with Crippen molar-refractivity contribution in [3.8, 4) is 5.75 Å². The Labute approximate surface area is 141 Å². The van der Waals surface area contributed by atoms with Gasteiger partial charge in [-0.25, -0.2) is 4.98 Å². The highest BCUT2D eigenvalue weighted by molar-refractivity contribution is 6.30. The first-order valence-electron chi connectivity index (χ1n) is 7.59. The smallest absolute Gasteiger partial charge is 0.227 e. The fraction of sp³-hybridized carbons (Fsp3) is 0.438. The Morgan fingerprint density at radius 2 is 2.30 bits per heavy atom. The van der Waals surface area contributed by atoms with Crippen molar-refractivity contribution < 1.29 is 9.53 Å². The van der Waals surface area contributed by atoms with Crippen LogP contribution in [-0.4, -0.2) is 45.3 Å². The minimum atomic E-state index is -0.164. The highest BCUT2D eigenvalue weighted by Crippen LogP contribution is 2.17. The summed E-state index contributed by atoms with van der Waals surface area (Å²) in [5.74, 6) is 0.622. The minimum Gasteiger partial charge on any atom is -0.492 e. The Kier molecular flexibility index (Phi) is 6.40. The van der Waals surface area contributed by atoms with Gasteiger partial charge in [0, 0.05) is 11.6 Å². The number of hydrogen-bond donors (Lipinski definition) is 0. The molecule has 0 N–H and O–H groups in total. The molecule has 0 spiro atoms. The number of benzene rings is 1. The molecule has 1 atom stereocenters. The van der Waals surface area contributed by atoms with Crippen LogP contribution in [0.3, 0.4) is 0 Å². The summed E-state index contributed by atoms with van der Waals surface area (Å²) in [6.07, 6.45) is 3.08. The van der Waals surface area contributed by atoms with Crippen molar-refractivity contribution in [2.45, 2.75) is 20.4 Å². The van der Waals surface area contributed by atoms with E-state index in [-0.39, 0.29) is 11.8 Å². The maximum atomic E-state index is 12.5. The van der Waals surface area contributed by atoms with Crippen LogP contribution in [0.4, 0.5) is 0 Å². The predicted octanol–water partition coefficient (Wildman–Crippen LogP) is 2.50. The lowest BCUT2D eigenvalue weighted by molar-refractivity contribution is -0.135. The lowest BCUT2D eigenvalue weighted by atomic mass is 10.1. The molecule has 6 nitrogen and oxygen atoms in total. The summed E-state index contributed by atoms with van der Waals surface area (Å²) in [7, 11) is 0. The third-order valence-electron chi connectivity index (χ3n) is 3.47. The average molecular weight is 337 g/mol. The monoisotopic (exact) mass is 336 g/mol. The SMILES string of the molecule is CCN(CCOc1cccc(Cl)c1)C(=O)[C@@H](C)Cn1cncn1. The number of ether oxygens (including phenoxy) is 1. The van der Waals surface area contributed by atoms with E-state index >= 15 is 0 Å². The van der Waals surface area contributed by atoms with E-state index in [1.54, 1.807) is 28.0 Å². The molecule has 1 heterocycles. The first kappa shape index (κ1) is 17.3. The van der Waals surface area contributed by atoms with Gasteiger partial charge in [0.2, 0.25) is 5.91 Å². The first-order chi connectivity index (χ1) is 11.1. The number of aromatic nitrogens is 3.